The summed E-state index contributed by atoms with van der Waals surface area (Å²) in [6.07, 6.45) is -0.219. The molecule has 1 aromatic rings. The van der Waals surface area contributed by atoms with Gasteiger partial charge in [0.05, 0.1) is 0 Å². The number of likely N-dealkylation sites (N-methyl/N-ethyl adjacent to an activating group) is 1. The number of halogens is 1. The van der Waals surface area contributed by atoms with E-state index in [0.29, 0.717) is 12.8 Å². The molecule has 1 amide bonds. The Kier molecular flexibility index (Phi) is 4.63. The van der Waals surface area contributed by atoms with Gasteiger partial charge in [0.2, 0.25) is 0 Å². The van der Waals surface area contributed by atoms with E-state index < -0.39 is 11.9 Å². The van der Waals surface area contributed by atoms with Crippen LogP contribution in [0.3, 0.4) is 0 Å². The molecule has 0 saturated carbocycles. The fourth-order valence-electron chi connectivity index (χ4n) is 1.30. The van der Waals surface area contributed by atoms with Gasteiger partial charge in [-0.2, -0.15) is 0 Å². The number of rotatable bonds is 5. The van der Waals surface area contributed by atoms with Gasteiger partial charge in [0.15, 0.2) is 6.10 Å². The number of hydrogen-bond acceptors (Lipinski definition) is 3. The molecule has 0 aliphatic rings. The van der Waals surface area contributed by atoms with E-state index in [4.69, 9.17) is 4.74 Å². The summed E-state index contributed by atoms with van der Waals surface area (Å²) in [5.41, 5.74) is 0.170. The molecule has 4 nitrogen and oxygen atoms in total. The van der Waals surface area contributed by atoms with Crippen molar-refractivity contribution in [2.24, 2.45) is 0 Å². The molecular formula is C12H14FNO3. The number of benzene rings is 1. The van der Waals surface area contributed by atoms with Gasteiger partial charge < -0.3 is 10.1 Å². The first-order valence-corrected chi connectivity index (χ1v) is 5.27. The van der Waals surface area contributed by atoms with Crippen molar-refractivity contribution >= 4 is 12.2 Å². The van der Waals surface area contributed by atoms with E-state index in [1.165, 1.54) is 6.07 Å². The van der Waals surface area contributed by atoms with Crippen LogP contribution in [0.2, 0.25) is 0 Å². The maximum absolute atomic E-state index is 13.1. The van der Waals surface area contributed by atoms with Crippen molar-refractivity contribution in [3.63, 3.8) is 0 Å². The van der Waals surface area contributed by atoms with E-state index in [9.17, 15) is 14.0 Å². The predicted molar refractivity (Wildman–Crippen MR) is 60.6 cm³/mol. The Morgan fingerprint density at radius 2 is 2.24 bits per heavy atom. The molecule has 0 aromatic heterocycles. The highest BCUT2D eigenvalue weighted by molar-refractivity contribution is 5.80. The van der Waals surface area contributed by atoms with Crippen molar-refractivity contribution in [1.29, 1.82) is 0 Å². The molecule has 1 N–H and O–H groups in total. The molecule has 0 saturated heterocycles. The summed E-state index contributed by atoms with van der Waals surface area (Å²) in [6.45, 7) is 3.84. The maximum atomic E-state index is 13.1. The molecule has 0 radical (unpaired) electrons. The molecule has 0 heterocycles. The van der Waals surface area contributed by atoms with Crippen LogP contribution in [0.25, 0.3) is 0 Å². The summed E-state index contributed by atoms with van der Waals surface area (Å²) in [4.78, 5) is 21.9. The SMILES string of the molecule is CCNC(=O)C(C)Oc1cc(F)cc(C=O)c1. The molecule has 92 valence electrons. The van der Waals surface area contributed by atoms with Crippen LogP contribution in [0.4, 0.5) is 4.39 Å². The van der Waals surface area contributed by atoms with E-state index in [1.807, 2.05) is 0 Å². The molecular weight excluding hydrogens is 225 g/mol. The lowest BCUT2D eigenvalue weighted by Crippen LogP contribution is -2.36. The van der Waals surface area contributed by atoms with Crippen molar-refractivity contribution in [1.82, 2.24) is 5.32 Å². The van der Waals surface area contributed by atoms with Crippen LogP contribution in [0.5, 0.6) is 5.75 Å². The summed E-state index contributed by atoms with van der Waals surface area (Å²) in [7, 11) is 0. The first-order chi connectivity index (χ1) is 8.06. The molecule has 1 rings (SSSR count). The Morgan fingerprint density at radius 3 is 2.82 bits per heavy atom. The molecule has 0 bridgehead atoms. The Morgan fingerprint density at radius 1 is 1.53 bits per heavy atom. The highest BCUT2D eigenvalue weighted by atomic mass is 19.1. The number of hydrogen-bond donors (Lipinski definition) is 1. The zero-order valence-electron chi connectivity index (χ0n) is 9.70. The summed E-state index contributed by atoms with van der Waals surface area (Å²) >= 11 is 0. The third kappa shape index (κ3) is 3.86. The number of amides is 1. The monoisotopic (exact) mass is 239 g/mol. The van der Waals surface area contributed by atoms with E-state index in [1.54, 1.807) is 13.8 Å². The van der Waals surface area contributed by atoms with Gasteiger partial charge in [0.1, 0.15) is 17.9 Å². The zero-order chi connectivity index (χ0) is 12.8. The molecule has 1 atom stereocenters. The van der Waals surface area contributed by atoms with Gasteiger partial charge in [-0.3, -0.25) is 9.59 Å². The minimum absolute atomic E-state index is 0.158. The summed E-state index contributed by atoms with van der Waals surface area (Å²) in [5, 5.41) is 2.58. The number of ether oxygens (including phenoxy) is 1. The first-order valence-electron chi connectivity index (χ1n) is 5.27. The van der Waals surface area contributed by atoms with Crippen molar-refractivity contribution in [3.05, 3.63) is 29.6 Å². The quantitative estimate of drug-likeness (QED) is 0.793. The molecule has 0 spiro atoms. The van der Waals surface area contributed by atoms with E-state index in [2.05, 4.69) is 5.32 Å². The van der Waals surface area contributed by atoms with Crippen molar-refractivity contribution < 1.29 is 18.7 Å². The molecule has 5 heteroatoms. The van der Waals surface area contributed by atoms with Crippen LogP contribution in [-0.4, -0.2) is 24.8 Å². The molecule has 0 aliphatic heterocycles. The van der Waals surface area contributed by atoms with Crippen LogP contribution in [0, 0.1) is 5.82 Å². The minimum atomic E-state index is -0.740. The number of carbonyl (C=O) groups is 2. The van der Waals surface area contributed by atoms with Gasteiger partial charge in [-0.15, -0.1) is 0 Å². The molecule has 1 unspecified atom stereocenters. The number of aldehydes is 1. The Hall–Kier alpha value is -1.91. The van der Waals surface area contributed by atoms with Crippen LogP contribution in [0.1, 0.15) is 24.2 Å². The summed E-state index contributed by atoms with van der Waals surface area (Å²) in [5.74, 6) is -0.706. The fraction of sp³-hybridized carbons (Fsp3) is 0.333. The number of nitrogens with one attached hydrogen (secondary N) is 1. The molecule has 0 aliphatic carbocycles. The number of carbonyl (C=O) groups excluding carboxylic acids is 2. The predicted octanol–water partition coefficient (Wildman–Crippen LogP) is 1.54. The van der Waals surface area contributed by atoms with Gasteiger partial charge in [0, 0.05) is 18.2 Å². The minimum Gasteiger partial charge on any atom is -0.481 e. The average molecular weight is 239 g/mol. The normalized spacial score (nSPS) is 11.7. The van der Waals surface area contributed by atoms with Gasteiger partial charge in [-0.1, -0.05) is 0 Å². The van der Waals surface area contributed by atoms with Crippen LogP contribution >= 0.6 is 0 Å². The second-order valence-corrected chi connectivity index (χ2v) is 3.49. The summed E-state index contributed by atoms with van der Waals surface area (Å²) < 4.78 is 18.3. The smallest absolute Gasteiger partial charge is 0.260 e. The van der Waals surface area contributed by atoms with Crippen LogP contribution in [-0.2, 0) is 4.79 Å². The molecule has 1 aromatic carbocycles. The second kappa shape index (κ2) is 5.98. The van der Waals surface area contributed by atoms with Crippen molar-refractivity contribution in [2.45, 2.75) is 20.0 Å². The Balaban J connectivity index is 2.77. The lowest BCUT2D eigenvalue weighted by molar-refractivity contribution is -0.127. The zero-order valence-corrected chi connectivity index (χ0v) is 9.70. The fourth-order valence-corrected chi connectivity index (χ4v) is 1.30. The largest absolute Gasteiger partial charge is 0.481 e. The third-order valence-corrected chi connectivity index (χ3v) is 2.06. The van der Waals surface area contributed by atoms with E-state index in [-0.39, 0.29) is 17.2 Å². The Labute approximate surface area is 98.8 Å². The lowest BCUT2D eigenvalue weighted by atomic mass is 10.2. The molecule has 17 heavy (non-hydrogen) atoms. The lowest BCUT2D eigenvalue weighted by Gasteiger charge is -2.14. The van der Waals surface area contributed by atoms with Crippen LogP contribution < -0.4 is 10.1 Å². The van der Waals surface area contributed by atoms with E-state index >= 15 is 0 Å². The maximum Gasteiger partial charge on any atom is 0.260 e. The van der Waals surface area contributed by atoms with Gasteiger partial charge >= 0.3 is 0 Å². The van der Waals surface area contributed by atoms with Gasteiger partial charge in [-0.25, -0.2) is 4.39 Å². The molecule has 0 fully saturated rings. The highest BCUT2D eigenvalue weighted by Crippen LogP contribution is 2.16. The topological polar surface area (TPSA) is 55.4 Å². The van der Waals surface area contributed by atoms with Gasteiger partial charge in [-0.05, 0) is 26.0 Å². The van der Waals surface area contributed by atoms with E-state index in [0.717, 1.165) is 12.1 Å². The highest BCUT2D eigenvalue weighted by Gasteiger charge is 2.14. The first kappa shape index (κ1) is 13.2. The Bertz CT molecular complexity index is 420. The van der Waals surface area contributed by atoms with Crippen molar-refractivity contribution in [2.75, 3.05) is 6.54 Å². The average Bonchev–Trinajstić information content (AvgIpc) is 2.28. The standard InChI is InChI=1S/C12H14FNO3/c1-3-14-12(16)8(2)17-11-5-9(7-15)4-10(13)6-11/h4-8H,3H2,1-2H3,(H,14,16). The van der Waals surface area contributed by atoms with Gasteiger partial charge in [0.25, 0.3) is 5.91 Å². The summed E-state index contributed by atoms with van der Waals surface area (Å²) in [6, 6.07) is 3.60. The van der Waals surface area contributed by atoms with Crippen LogP contribution in [0.15, 0.2) is 18.2 Å². The van der Waals surface area contributed by atoms with Crippen molar-refractivity contribution in [3.8, 4) is 5.75 Å². The third-order valence-electron chi connectivity index (χ3n) is 2.06. The second-order valence-electron chi connectivity index (χ2n) is 3.49.